The molecule has 0 aliphatic carbocycles. The maximum absolute atomic E-state index is 13.3. The molecule has 1 N–H and O–H groups in total. The van der Waals surface area contributed by atoms with Crippen LogP contribution in [-0.4, -0.2) is 29.3 Å². The zero-order chi connectivity index (χ0) is 22.1. The minimum absolute atomic E-state index is 0.111. The van der Waals surface area contributed by atoms with Crippen molar-refractivity contribution in [3.05, 3.63) is 68.7 Å². The van der Waals surface area contributed by atoms with E-state index in [1.807, 2.05) is 25.1 Å². The van der Waals surface area contributed by atoms with Gasteiger partial charge in [-0.05, 0) is 42.2 Å². The summed E-state index contributed by atoms with van der Waals surface area (Å²) in [6.45, 7) is 4.80. The standard InChI is InChI=1S/C23H27Cl3N2O2/c1-3-5-12-27-23(30)21(4-2)28(15-17-8-6-7-9-18(17)24)22(29)14-16-10-11-19(25)20(26)13-16/h6-11,13,21H,3-5,12,14-15H2,1-2H3,(H,27,30)/t21-/m1/s1. The molecule has 4 nitrogen and oxygen atoms in total. The van der Waals surface area contributed by atoms with Crippen molar-refractivity contribution in [2.24, 2.45) is 0 Å². The lowest BCUT2D eigenvalue weighted by atomic mass is 10.1. The Morgan fingerprint density at radius 1 is 1.00 bits per heavy atom. The molecular weight excluding hydrogens is 443 g/mol. The van der Waals surface area contributed by atoms with Crippen LogP contribution in [0.15, 0.2) is 42.5 Å². The first-order chi connectivity index (χ1) is 14.4. The van der Waals surface area contributed by atoms with Crippen LogP contribution in [0.5, 0.6) is 0 Å². The second-order valence-corrected chi connectivity index (χ2v) is 8.33. The summed E-state index contributed by atoms with van der Waals surface area (Å²) in [7, 11) is 0. The van der Waals surface area contributed by atoms with Gasteiger partial charge in [0.2, 0.25) is 11.8 Å². The Balaban J connectivity index is 2.28. The summed E-state index contributed by atoms with van der Waals surface area (Å²) in [5.41, 5.74) is 1.53. The van der Waals surface area contributed by atoms with Gasteiger partial charge in [-0.25, -0.2) is 0 Å². The Bertz CT molecular complexity index is 873. The van der Waals surface area contributed by atoms with Crippen molar-refractivity contribution < 1.29 is 9.59 Å². The van der Waals surface area contributed by atoms with Crippen molar-refractivity contribution in [3.8, 4) is 0 Å². The topological polar surface area (TPSA) is 49.4 Å². The third-order valence-corrected chi connectivity index (χ3v) is 5.96. The van der Waals surface area contributed by atoms with Crippen LogP contribution in [0.25, 0.3) is 0 Å². The number of hydrogen-bond donors (Lipinski definition) is 1. The number of hydrogen-bond acceptors (Lipinski definition) is 2. The lowest BCUT2D eigenvalue weighted by Crippen LogP contribution is -2.49. The van der Waals surface area contributed by atoms with Gasteiger partial charge in [-0.2, -0.15) is 0 Å². The number of unbranched alkanes of at least 4 members (excludes halogenated alkanes) is 1. The normalized spacial score (nSPS) is 11.8. The summed E-state index contributed by atoms with van der Waals surface area (Å²) in [6.07, 6.45) is 2.48. The van der Waals surface area contributed by atoms with E-state index in [0.717, 1.165) is 24.0 Å². The van der Waals surface area contributed by atoms with Crippen molar-refractivity contribution in [1.29, 1.82) is 0 Å². The van der Waals surface area contributed by atoms with Crippen molar-refractivity contribution in [3.63, 3.8) is 0 Å². The van der Waals surface area contributed by atoms with Crippen LogP contribution in [0.4, 0.5) is 0 Å². The van der Waals surface area contributed by atoms with Gasteiger partial charge < -0.3 is 10.2 Å². The minimum Gasteiger partial charge on any atom is -0.354 e. The number of rotatable bonds is 10. The molecule has 0 heterocycles. The zero-order valence-corrected chi connectivity index (χ0v) is 19.5. The number of amides is 2. The van der Waals surface area contributed by atoms with Crippen LogP contribution in [0.1, 0.15) is 44.2 Å². The molecule has 2 aromatic carbocycles. The van der Waals surface area contributed by atoms with E-state index in [9.17, 15) is 9.59 Å². The van der Waals surface area contributed by atoms with Gasteiger partial charge in [-0.1, -0.05) is 79.3 Å². The van der Waals surface area contributed by atoms with Gasteiger partial charge in [0.15, 0.2) is 0 Å². The van der Waals surface area contributed by atoms with E-state index in [1.54, 1.807) is 29.2 Å². The molecule has 30 heavy (non-hydrogen) atoms. The van der Waals surface area contributed by atoms with Crippen molar-refractivity contribution in [2.75, 3.05) is 6.54 Å². The Morgan fingerprint density at radius 2 is 1.73 bits per heavy atom. The number of benzene rings is 2. The second kappa shape index (κ2) is 12.2. The van der Waals surface area contributed by atoms with Crippen LogP contribution in [0.3, 0.4) is 0 Å². The number of nitrogens with zero attached hydrogens (tertiary/aromatic N) is 1. The molecule has 2 aromatic rings. The molecule has 0 spiro atoms. The molecule has 0 saturated carbocycles. The van der Waals surface area contributed by atoms with E-state index in [1.165, 1.54) is 0 Å². The van der Waals surface area contributed by atoms with Gasteiger partial charge in [0.1, 0.15) is 6.04 Å². The molecule has 0 radical (unpaired) electrons. The summed E-state index contributed by atoms with van der Waals surface area (Å²) < 4.78 is 0. The first-order valence-electron chi connectivity index (χ1n) is 10.1. The van der Waals surface area contributed by atoms with Crippen molar-refractivity contribution in [2.45, 2.75) is 52.1 Å². The highest BCUT2D eigenvalue weighted by Gasteiger charge is 2.29. The highest BCUT2D eigenvalue weighted by atomic mass is 35.5. The zero-order valence-electron chi connectivity index (χ0n) is 17.3. The van der Waals surface area contributed by atoms with Gasteiger partial charge in [0, 0.05) is 18.1 Å². The highest BCUT2D eigenvalue weighted by molar-refractivity contribution is 6.42. The van der Waals surface area contributed by atoms with Gasteiger partial charge in [-0.15, -0.1) is 0 Å². The first kappa shape index (κ1) is 24.5. The molecule has 162 valence electrons. The molecule has 0 unspecified atom stereocenters. The van der Waals surface area contributed by atoms with E-state index in [0.29, 0.717) is 28.0 Å². The number of halogens is 3. The predicted molar refractivity (Wildman–Crippen MR) is 124 cm³/mol. The molecular formula is C23H27Cl3N2O2. The van der Waals surface area contributed by atoms with Crippen LogP contribution in [0, 0.1) is 0 Å². The van der Waals surface area contributed by atoms with Crippen molar-refractivity contribution in [1.82, 2.24) is 10.2 Å². The smallest absolute Gasteiger partial charge is 0.242 e. The fourth-order valence-electron chi connectivity index (χ4n) is 3.16. The Hall–Kier alpha value is -1.75. The minimum atomic E-state index is -0.589. The van der Waals surface area contributed by atoms with Crippen LogP contribution < -0.4 is 5.32 Å². The van der Waals surface area contributed by atoms with Crippen LogP contribution in [0.2, 0.25) is 15.1 Å². The van der Waals surface area contributed by atoms with Gasteiger partial charge in [-0.3, -0.25) is 9.59 Å². The quantitative estimate of drug-likeness (QED) is 0.440. The average Bonchev–Trinajstić information content (AvgIpc) is 2.72. The third-order valence-electron chi connectivity index (χ3n) is 4.85. The van der Waals surface area contributed by atoms with E-state index < -0.39 is 6.04 Å². The maximum Gasteiger partial charge on any atom is 0.242 e. The van der Waals surface area contributed by atoms with E-state index in [2.05, 4.69) is 12.2 Å². The molecule has 2 rings (SSSR count). The summed E-state index contributed by atoms with van der Waals surface area (Å²) in [6, 6.07) is 11.9. The molecule has 0 saturated heterocycles. The number of carbonyl (C=O) groups excluding carboxylic acids is 2. The summed E-state index contributed by atoms with van der Waals surface area (Å²) in [5, 5.41) is 4.33. The largest absolute Gasteiger partial charge is 0.354 e. The molecule has 2 amide bonds. The first-order valence-corrected chi connectivity index (χ1v) is 11.2. The van der Waals surface area contributed by atoms with E-state index >= 15 is 0 Å². The molecule has 1 atom stereocenters. The fraction of sp³-hybridized carbons (Fsp3) is 0.391. The Morgan fingerprint density at radius 3 is 2.37 bits per heavy atom. The summed E-state index contributed by atoms with van der Waals surface area (Å²) >= 11 is 18.4. The lowest BCUT2D eigenvalue weighted by Gasteiger charge is -2.31. The van der Waals surface area contributed by atoms with Crippen LogP contribution in [-0.2, 0) is 22.6 Å². The Labute approximate surface area is 193 Å². The summed E-state index contributed by atoms with van der Waals surface area (Å²) in [4.78, 5) is 27.7. The summed E-state index contributed by atoms with van der Waals surface area (Å²) in [5.74, 6) is -0.328. The molecule has 0 aromatic heterocycles. The maximum atomic E-state index is 13.3. The molecule has 0 bridgehead atoms. The number of carbonyl (C=O) groups is 2. The second-order valence-electron chi connectivity index (χ2n) is 7.11. The van der Waals surface area contributed by atoms with E-state index in [-0.39, 0.29) is 24.8 Å². The SMILES string of the molecule is CCCCNC(=O)[C@@H](CC)N(Cc1ccccc1Cl)C(=O)Cc1ccc(Cl)c(Cl)c1. The van der Waals surface area contributed by atoms with Crippen LogP contribution >= 0.6 is 34.8 Å². The molecule has 0 fully saturated rings. The van der Waals surface area contributed by atoms with Gasteiger partial charge in [0.05, 0.1) is 16.5 Å². The third kappa shape index (κ3) is 6.90. The molecule has 0 aliphatic heterocycles. The van der Waals surface area contributed by atoms with E-state index in [4.69, 9.17) is 34.8 Å². The fourth-order valence-corrected chi connectivity index (χ4v) is 3.68. The van der Waals surface area contributed by atoms with Crippen molar-refractivity contribution >= 4 is 46.6 Å². The predicted octanol–water partition coefficient (Wildman–Crippen LogP) is 5.91. The monoisotopic (exact) mass is 468 g/mol. The van der Waals surface area contributed by atoms with Gasteiger partial charge >= 0.3 is 0 Å². The average molecular weight is 470 g/mol. The molecule has 7 heteroatoms. The molecule has 0 aliphatic rings. The van der Waals surface area contributed by atoms with Gasteiger partial charge in [0.25, 0.3) is 0 Å². The lowest BCUT2D eigenvalue weighted by molar-refractivity contribution is -0.140. The number of nitrogens with one attached hydrogen (secondary N) is 1. The Kier molecular flexibility index (Phi) is 9.96. The highest BCUT2D eigenvalue weighted by Crippen LogP contribution is 2.24.